The summed E-state index contributed by atoms with van der Waals surface area (Å²) in [6.07, 6.45) is 0.569. The highest BCUT2D eigenvalue weighted by Gasteiger charge is 2.19. The van der Waals surface area contributed by atoms with Gasteiger partial charge in [0.25, 0.3) is 0 Å². The molecule has 0 spiro atoms. The Balaban J connectivity index is 1.90. The molecular formula is C14H20N2O2. The summed E-state index contributed by atoms with van der Waals surface area (Å²) in [5.74, 6) is 0. The van der Waals surface area contributed by atoms with Gasteiger partial charge in [0, 0.05) is 19.6 Å². The Kier molecular flexibility index (Phi) is 4.59. The van der Waals surface area contributed by atoms with Gasteiger partial charge in [0.15, 0.2) is 0 Å². The van der Waals surface area contributed by atoms with Crippen LogP contribution in [0.1, 0.15) is 25.0 Å². The molecule has 1 aromatic rings. The second-order valence-electron chi connectivity index (χ2n) is 4.53. The summed E-state index contributed by atoms with van der Waals surface area (Å²) in [5.41, 5.74) is 1.03. The molecule has 18 heavy (non-hydrogen) atoms. The van der Waals surface area contributed by atoms with Crippen molar-refractivity contribution in [2.24, 2.45) is 0 Å². The summed E-state index contributed by atoms with van der Waals surface area (Å²) in [7, 11) is 0. The van der Waals surface area contributed by atoms with E-state index in [0.29, 0.717) is 0 Å². The molecule has 1 aliphatic heterocycles. The fourth-order valence-corrected chi connectivity index (χ4v) is 2.05. The minimum Gasteiger partial charge on any atom is -0.442 e. The van der Waals surface area contributed by atoms with Crippen molar-refractivity contribution < 1.29 is 9.53 Å². The lowest BCUT2D eigenvalue weighted by Gasteiger charge is -2.22. The number of hydrogen-bond acceptors (Lipinski definition) is 3. The summed E-state index contributed by atoms with van der Waals surface area (Å²) in [5, 5.41) is 3.27. The third-order valence-electron chi connectivity index (χ3n) is 3.14. The van der Waals surface area contributed by atoms with Gasteiger partial charge in [0.2, 0.25) is 0 Å². The zero-order valence-corrected chi connectivity index (χ0v) is 10.8. The molecule has 0 bridgehead atoms. The van der Waals surface area contributed by atoms with Crippen LogP contribution in [0.2, 0.25) is 0 Å². The Bertz CT molecular complexity index is 373. The van der Waals surface area contributed by atoms with Crippen LogP contribution in [0.5, 0.6) is 0 Å². The van der Waals surface area contributed by atoms with E-state index in [2.05, 4.69) is 5.32 Å². The van der Waals surface area contributed by atoms with Crippen LogP contribution < -0.4 is 5.32 Å². The Hall–Kier alpha value is -1.55. The maximum Gasteiger partial charge on any atom is 0.410 e. The molecule has 98 valence electrons. The van der Waals surface area contributed by atoms with Gasteiger partial charge >= 0.3 is 6.09 Å². The van der Waals surface area contributed by atoms with Crippen molar-refractivity contribution in [3.63, 3.8) is 0 Å². The van der Waals surface area contributed by atoms with E-state index >= 15 is 0 Å². The Morgan fingerprint density at radius 1 is 1.28 bits per heavy atom. The third-order valence-corrected chi connectivity index (χ3v) is 3.14. The third kappa shape index (κ3) is 3.47. The molecule has 0 radical (unpaired) electrons. The lowest BCUT2D eigenvalue weighted by atomic mass is 10.1. The molecular weight excluding hydrogens is 228 g/mol. The van der Waals surface area contributed by atoms with Gasteiger partial charge in [0.05, 0.1) is 0 Å². The molecule has 0 aliphatic carbocycles. The van der Waals surface area contributed by atoms with E-state index in [1.165, 1.54) is 0 Å². The van der Waals surface area contributed by atoms with Gasteiger partial charge in [-0.15, -0.1) is 0 Å². The molecule has 0 saturated carbocycles. The summed E-state index contributed by atoms with van der Waals surface area (Å²) >= 11 is 0. The molecule has 1 aliphatic rings. The van der Waals surface area contributed by atoms with E-state index in [1.807, 2.05) is 37.3 Å². The number of nitrogens with one attached hydrogen (secondary N) is 1. The van der Waals surface area contributed by atoms with E-state index in [9.17, 15) is 4.79 Å². The molecule has 1 amide bonds. The number of carbonyl (C=O) groups excluding carboxylic acids is 1. The topological polar surface area (TPSA) is 41.6 Å². The van der Waals surface area contributed by atoms with Crippen LogP contribution in [-0.4, -0.2) is 37.2 Å². The molecule has 1 N–H and O–H groups in total. The minimum atomic E-state index is -0.213. The molecule has 2 rings (SSSR count). The van der Waals surface area contributed by atoms with Crippen LogP contribution >= 0.6 is 0 Å². The van der Waals surface area contributed by atoms with E-state index < -0.39 is 0 Å². The lowest BCUT2D eigenvalue weighted by Crippen LogP contribution is -2.35. The number of hydrogen-bond donors (Lipinski definition) is 1. The van der Waals surface area contributed by atoms with E-state index in [0.717, 1.165) is 38.2 Å². The molecule has 4 nitrogen and oxygen atoms in total. The summed E-state index contributed by atoms with van der Waals surface area (Å²) < 4.78 is 5.49. The first-order valence-corrected chi connectivity index (χ1v) is 6.48. The smallest absolute Gasteiger partial charge is 0.410 e. The van der Waals surface area contributed by atoms with Crippen LogP contribution in [-0.2, 0) is 4.74 Å². The van der Waals surface area contributed by atoms with E-state index in [4.69, 9.17) is 4.74 Å². The number of nitrogens with zero attached hydrogens (tertiary/aromatic N) is 1. The molecule has 0 aromatic heterocycles. The zero-order chi connectivity index (χ0) is 12.8. The normalized spacial score (nSPS) is 17.9. The zero-order valence-electron chi connectivity index (χ0n) is 10.8. The van der Waals surface area contributed by atoms with Crippen molar-refractivity contribution in [3.8, 4) is 0 Å². The van der Waals surface area contributed by atoms with E-state index in [-0.39, 0.29) is 12.2 Å². The van der Waals surface area contributed by atoms with Crippen LogP contribution in [0.15, 0.2) is 30.3 Å². The maximum atomic E-state index is 12.0. The largest absolute Gasteiger partial charge is 0.442 e. The SMILES string of the molecule is CC(OC(=O)N1CCCNCC1)c1ccccc1. The number of carbonyl (C=O) groups is 1. The first kappa shape index (κ1) is 12.9. The average molecular weight is 248 g/mol. The van der Waals surface area contributed by atoms with Crippen LogP contribution in [0, 0.1) is 0 Å². The van der Waals surface area contributed by atoms with Gasteiger partial charge in [-0.2, -0.15) is 0 Å². The van der Waals surface area contributed by atoms with Gasteiger partial charge < -0.3 is 15.0 Å². The van der Waals surface area contributed by atoms with Gasteiger partial charge in [-0.3, -0.25) is 0 Å². The fraction of sp³-hybridized carbons (Fsp3) is 0.500. The van der Waals surface area contributed by atoms with Gasteiger partial charge in [0.1, 0.15) is 6.10 Å². The Morgan fingerprint density at radius 2 is 2.06 bits per heavy atom. The minimum absolute atomic E-state index is 0.199. The highest BCUT2D eigenvalue weighted by molar-refractivity contribution is 5.68. The van der Waals surface area contributed by atoms with E-state index in [1.54, 1.807) is 4.90 Å². The molecule has 1 heterocycles. The van der Waals surface area contributed by atoms with Crippen LogP contribution in [0.3, 0.4) is 0 Å². The van der Waals surface area contributed by atoms with Crippen molar-refractivity contribution in [1.29, 1.82) is 0 Å². The van der Waals surface area contributed by atoms with Crippen LogP contribution in [0.25, 0.3) is 0 Å². The predicted octanol–water partition coefficient (Wildman–Crippen LogP) is 2.18. The first-order valence-electron chi connectivity index (χ1n) is 6.48. The van der Waals surface area contributed by atoms with Gasteiger partial charge in [-0.1, -0.05) is 30.3 Å². The molecule has 1 atom stereocenters. The van der Waals surface area contributed by atoms with Crippen molar-refractivity contribution >= 4 is 6.09 Å². The number of amides is 1. The summed E-state index contributed by atoms with van der Waals surface area (Å²) in [6.45, 7) is 5.21. The Morgan fingerprint density at radius 3 is 2.83 bits per heavy atom. The molecule has 1 fully saturated rings. The Labute approximate surface area is 108 Å². The quantitative estimate of drug-likeness (QED) is 0.872. The molecule has 1 aromatic carbocycles. The summed E-state index contributed by atoms with van der Waals surface area (Å²) in [4.78, 5) is 13.8. The highest BCUT2D eigenvalue weighted by Crippen LogP contribution is 2.17. The fourth-order valence-electron chi connectivity index (χ4n) is 2.05. The lowest BCUT2D eigenvalue weighted by molar-refractivity contribution is 0.0714. The number of benzene rings is 1. The van der Waals surface area contributed by atoms with Crippen LogP contribution in [0.4, 0.5) is 4.79 Å². The van der Waals surface area contributed by atoms with Crippen molar-refractivity contribution in [2.75, 3.05) is 26.2 Å². The highest BCUT2D eigenvalue weighted by atomic mass is 16.6. The maximum absolute atomic E-state index is 12.0. The van der Waals surface area contributed by atoms with Crippen molar-refractivity contribution in [2.45, 2.75) is 19.4 Å². The second kappa shape index (κ2) is 6.40. The first-order chi connectivity index (χ1) is 8.77. The standard InChI is InChI=1S/C14H20N2O2/c1-12(13-6-3-2-4-7-13)18-14(17)16-10-5-8-15-9-11-16/h2-4,6-7,12,15H,5,8-11H2,1H3. The number of ether oxygens (including phenoxy) is 1. The molecule has 1 saturated heterocycles. The monoisotopic (exact) mass is 248 g/mol. The van der Waals surface area contributed by atoms with Crippen molar-refractivity contribution in [1.82, 2.24) is 10.2 Å². The number of rotatable bonds is 2. The molecule has 1 unspecified atom stereocenters. The second-order valence-corrected chi connectivity index (χ2v) is 4.53. The average Bonchev–Trinajstić information content (AvgIpc) is 2.68. The molecule has 4 heteroatoms. The summed E-state index contributed by atoms with van der Waals surface area (Å²) in [6, 6.07) is 9.81. The van der Waals surface area contributed by atoms with Crippen molar-refractivity contribution in [3.05, 3.63) is 35.9 Å². The van der Waals surface area contributed by atoms with Gasteiger partial charge in [-0.25, -0.2) is 4.79 Å². The van der Waals surface area contributed by atoms with Gasteiger partial charge in [-0.05, 0) is 25.5 Å². The predicted molar refractivity (Wildman–Crippen MR) is 70.4 cm³/mol.